The van der Waals surface area contributed by atoms with Gasteiger partial charge in [-0.1, -0.05) is 45.1 Å². The molecule has 0 rings (SSSR count). The fourth-order valence-corrected chi connectivity index (χ4v) is 1.75. The molecule has 0 aliphatic rings. The summed E-state index contributed by atoms with van der Waals surface area (Å²) in [5, 5.41) is 0. The summed E-state index contributed by atoms with van der Waals surface area (Å²) in [5.74, 6) is -0.320. The van der Waals surface area contributed by atoms with E-state index in [1.807, 2.05) is 0 Å². The minimum absolute atomic E-state index is 0.0358. The van der Waals surface area contributed by atoms with Crippen molar-refractivity contribution in [3.63, 3.8) is 0 Å². The van der Waals surface area contributed by atoms with Gasteiger partial charge < -0.3 is 4.74 Å². The Hall–Kier alpha value is -0.930. The molecule has 0 aromatic heterocycles. The molecule has 0 fully saturated rings. The van der Waals surface area contributed by atoms with Gasteiger partial charge in [-0.2, -0.15) is 0 Å². The lowest BCUT2D eigenvalue weighted by Crippen LogP contribution is -2.05. The summed E-state index contributed by atoms with van der Waals surface area (Å²) in [6, 6.07) is 0. The molecule has 19 heavy (non-hydrogen) atoms. The van der Waals surface area contributed by atoms with Crippen molar-refractivity contribution in [2.45, 2.75) is 71.1 Å². The fraction of sp³-hybridized carbons (Fsp3) is 0.800. The third kappa shape index (κ3) is 13.3. The van der Waals surface area contributed by atoms with Gasteiger partial charge >= 0.3 is 5.97 Å². The highest BCUT2D eigenvalue weighted by molar-refractivity contribution is 5.86. The van der Waals surface area contributed by atoms with Crippen LogP contribution in [0.2, 0.25) is 0 Å². The summed E-state index contributed by atoms with van der Waals surface area (Å²) in [5.41, 5.74) is 0.434. The largest absolute Gasteiger partial charge is 0.462 e. The number of halogens is 2. The fourth-order valence-electron chi connectivity index (χ4n) is 1.75. The van der Waals surface area contributed by atoms with Crippen LogP contribution in [0.5, 0.6) is 0 Å². The Bertz CT molecular complexity index is 253. The van der Waals surface area contributed by atoms with Gasteiger partial charge in [-0.3, -0.25) is 0 Å². The van der Waals surface area contributed by atoms with Gasteiger partial charge in [0.05, 0.1) is 6.61 Å². The Morgan fingerprint density at radius 3 is 1.95 bits per heavy atom. The van der Waals surface area contributed by atoms with Crippen LogP contribution in [0, 0.1) is 0 Å². The van der Waals surface area contributed by atoms with Crippen LogP contribution in [-0.2, 0) is 9.53 Å². The lowest BCUT2D eigenvalue weighted by atomic mass is 10.1. The van der Waals surface area contributed by atoms with Crippen molar-refractivity contribution in [3.8, 4) is 0 Å². The molecule has 112 valence electrons. The van der Waals surface area contributed by atoms with Gasteiger partial charge in [0.2, 0.25) is 6.43 Å². The minimum atomic E-state index is -2.15. The number of esters is 1. The molecule has 0 heterocycles. The molecule has 4 heteroatoms. The Kier molecular flexibility index (Phi) is 11.5. The molecule has 0 aromatic rings. The molecule has 0 spiro atoms. The van der Waals surface area contributed by atoms with Crippen LogP contribution < -0.4 is 0 Å². The molecule has 0 N–H and O–H groups in total. The summed E-state index contributed by atoms with van der Waals surface area (Å²) in [6.45, 7) is 5.60. The number of alkyl halides is 2. The average molecular weight is 276 g/mol. The monoisotopic (exact) mass is 276 g/mol. The number of rotatable bonds is 12. The Balaban J connectivity index is 3.11. The predicted octanol–water partition coefficient (Wildman–Crippen LogP) is 4.88. The van der Waals surface area contributed by atoms with Gasteiger partial charge in [-0.05, 0) is 19.8 Å². The lowest BCUT2D eigenvalue weighted by molar-refractivity contribution is -0.139. The molecule has 0 saturated heterocycles. The van der Waals surface area contributed by atoms with E-state index < -0.39 is 6.43 Å². The standard InChI is InChI=1S/C15H26F2O2/c1-13(2)15(18)19-12-10-8-6-4-3-5-7-9-11-14(16)17/h14H,1,3-12H2,2H3. The number of ether oxygens (including phenoxy) is 1. The third-order valence-electron chi connectivity index (χ3n) is 2.90. The van der Waals surface area contributed by atoms with E-state index in [1.165, 1.54) is 0 Å². The molecule has 0 radical (unpaired) electrons. The van der Waals surface area contributed by atoms with Crippen molar-refractivity contribution in [3.05, 3.63) is 12.2 Å². The first kappa shape index (κ1) is 18.1. The Morgan fingerprint density at radius 2 is 1.47 bits per heavy atom. The molecule has 0 aliphatic heterocycles. The molecule has 0 saturated carbocycles. The Labute approximate surface area is 115 Å². The van der Waals surface area contributed by atoms with Gasteiger partial charge in [0, 0.05) is 12.0 Å². The van der Waals surface area contributed by atoms with E-state index in [-0.39, 0.29) is 12.4 Å². The second-order valence-corrected chi connectivity index (χ2v) is 4.92. The molecule has 0 unspecified atom stereocenters. The van der Waals surface area contributed by atoms with Crippen molar-refractivity contribution < 1.29 is 18.3 Å². The topological polar surface area (TPSA) is 26.3 Å². The highest BCUT2D eigenvalue weighted by Gasteiger charge is 2.02. The summed E-state index contributed by atoms with van der Waals surface area (Å²) < 4.78 is 28.7. The van der Waals surface area contributed by atoms with Crippen molar-refractivity contribution >= 4 is 5.97 Å². The number of carbonyl (C=O) groups is 1. The third-order valence-corrected chi connectivity index (χ3v) is 2.90. The van der Waals surface area contributed by atoms with Crippen molar-refractivity contribution in [1.29, 1.82) is 0 Å². The molecular weight excluding hydrogens is 250 g/mol. The van der Waals surface area contributed by atoms with E-state index in [0.717, 1.165) is 44.9 Å². The summed E-state index contributed by atoms with van der Waals surface area (Å²) >= 11 is 0. The first-order valence-electron chi connectivity index (χ1n) is 7.15. The summed E-state index contributed by atoms with van der Waals surface area (Å²) in [6.07, 6.45) is 5.73. The second-order valence-electron chi connectivity index (χ2n) is 4.92. The maximum absolute atomic E-state index is 11.8. The highest BCUT2D eigenvalue weighted by atomic mass is 19.3. The second kappa shape index (κ2) is 12.1. The van der Waals surface area contributed by atoms with Gasteiger partial charge in [0.25, 0.3) is 0 Å². The first-order chi connectivity index (χ1) is 9.04. The maximum atomic E-state index is 11.8. The smallest absolute Gasteiger partial charge is 0.333 e. The molecule has 0 aromatic carbocycles. The molecular formula is C15H26F2O2. The predicted molar refractivity (Wildman–Crippen MR) is 73.3 cm³/mol. The first-order valence-corrected chi connectivity index (χ1v) is 7.15. The van der Waals surface area contributed by atoms with Gasteiger partial charge in [-0.15, -0.1) is 0 Å². The van der Waals surface area contributed by atoms with E-state index in [4.69, 9.17) is 4.74 Å². The number of hydrogen-bond acceptors (Lipinski definition) is 2. The SMILES string of the molecule is C=C(C)C(=O)OCCCCCCCCCCC(F)F. The zero-order chi connectivity index (χ0) is 14.5. The van der Waals surface area contributed by atoms with E-state index >= 15 is 0 Å². The van der Waals surface area contributed by atoms with Crippen molar-refractivity contribution in [1.82, 2.24) is 0 Å². The molecule has 0 atom stereocenters. The molecule has 0 aliphatic carbocycles. The highest BCUT2D eigenvalue weighted by Crippen LogP contribution is 2.12. The lowest BCUT2D eigenvalue weighted by Gasteiger charge is -2.04. The van der Waals surface area contributed by atoms with Crippen molar-refractivity contribution in [2.75, 3.05) is 6.61 Å². The van der Waals surface area contributed by atoms with Gasteiger partial charge in [-0.25, -0.2) is 13.6 Å². The van der Waals surface area contributed by atoms with E-state index in [1.54, 1.807) is 6.92 Å². The maximum Gasteiger partial charge on any atom is 0.333 e. The number of carbonyl (C=O) groups excluding carboxylic acids is 1. The number of unbranched alkanes of at least 4 members (excludes halogenated alkanes) is 7. The van der Waals surface area contributed by atoms with Crippen LogP contribution in [0.3, 0.4) is 0 Å². The molecule has 2 nitrogen and oxygen atoms in total. The summed E-state index contributed by atoms with van der Waals surface area (Å²) in [7, 11) is 0. The zero-order valence-electron chi connectivity index (χ0n) is 11.9. The van der Waals surface area contributed by atoms with E-state index in [0.29, 0.717) is 18.6 Å². The van der Waals surface area contributed by atoms with E-state index in [9.17, 15) is 13.6 Å². The average Bonchev–Trinajstić information content (AvgIpc) is 2.35. The minimum Gasteiger partial charge on any atom is -0.462 e. The van der Waals surface area contributed by atoms with Crippen LogP contribution in [-0.4, -0.2) is 19.0 Å². The quantitative estimate of drug-likeness (QED) is 0.288. The van der Waals surface area contributed by atoms with Crippen molar-refractivity contribution in [2.24, 2.45) is 0 Å². The van der Waals surface area contributed by atoms with Gasteiger partial charge in [0.1, 0.15) is 0 Å². The molecule has 0 amide bonds. The normalized spacial score (nSPS) is 10.7. The van der Waals surface area contributed by atoms with Crippen LogP contribution in [0.4, 0.5) is 8.78 Å². The van der Waals surface area contributed by atoms with Crippen LogP contribution in [0.15, 0.2) is 12.2 Å². The van der Waals surface area contributed by atoms with Crippen LogP contribution in [0.1, 0.15) is 64.7 Å². The summed E-state index contributed by atoms with van der Waals surface area (Å²) in [4.78, 5) is 11.1. The van der Waals surface area contributed by atoms with Gasteiger partial charge in [0.15, 0.2) is 0 Å². The number of hydrogen-bond donors (Lipinski definition) is 0. The zero-order valence-corrected chi connectivity index (χ0v) is 11.9. The van der Waals surface area contributed by atoms with E-state index in [2.05, 4.69) is 6.58 Å². The Morgan fingerprint density at radius 1 is 1.00 bits per heavy atom. The molecule has 0 bridgehead atoms. The van der Waals surface area contributed by atoms with Crippen LogP contribution >= 0.6 is 0 Å². The van der Waals surface area contributed by atoms with Crippen LogP contribution in [0.25, 0.3) is 0 Å².